The Bertz CT molecular complexity index is 516. The lowest BCUT2D eigenvalue weighted by molar-refractivity contribution is -0.137. The van der Waals surface area contributed by atoms with Crippen molar-refractivity contribution >= 4 is 40.8 Å². The fourth-order valence-corrected chi connectivity index (χ4v) is 2.61. The fraction of sp³-hybridized carbons (Fsp3) is 0.333. The number of halogens is 2. The molecule has 0 bridgehead atoms. The van der Waals surface area contributed by atoms with Gasteiger partial charge in [0.1, 0.15) is 0 Å². The third-order valence-corrected chi connectivity index (χ3v) is 3.58. The highest BCUT2D eigenvalue weighted by Gasteiger charge is 2.33. The summed E-state index contributed by atoms with van der Waals surface area (Å²) in [7, 11) is 0. The maximum absolute atomic E-state index is 11.8. The molecular weight excluding hydrogens is 277 g/mol. The van der Waals surface area contributed by atoms with E-state index in [4.69, 9.17) is 28.3 Å². The summed E-state index contributed by atoms with van der Waals surface area (Å²) < 4.78 is 0. The van der Waals surface area contributed by atoms with Crippen molar-refractivity contribution in [1.29, 1.82) is 0 Å². The quantitative estimate of drug-likeness (QED) is 0.893. The van der Waals surface area contributed by atoms with E-state index in [0.29, 0.717) is 34.1 Å². The van der Waals surface area contributed by atoms with Gasteiger partial charge in [-0.25, -0.2) is 0 Å². The first-order valence-electron chi connectivity index (χ1n) is 5.51. The monoisotopic (exact) mass is 287 g/mol. The van der Waals surface area contributed by atoms with E-state index in [1.807, 2.05) is 0 Å². The molecule has 1 aliphatic rings. The molecule has 1 heterocycles. The Labute approximate surface area is 114 Å². The lowest BCUT2D eigenvalue weighted by atomic mass is 9.95. The van der Waals surface area contributed by atoms with Crippen LogP contribution in [0.25, 0.3) is 0 Å². The van der Waals surface area contributed by atoms with Crippen molar-refractivity contribution in [2.75, 3.05) is 5.32 Å². The second-order valence-corrected chi connectivity index (χ2v) is 4.96. The zero-order chi connectivity index (χ0) is 13.3. The van der Waals surface area contributed by atoms with E-state index in [9.17, 15) is 9.59 Å². The predicted molar refractivity (Wildman–Crippen MR) is 69.3 cm³/mol. The van der Waals surface area contributed by atoms with E-state index < -0.39 is 11.9 Å². The van der Waals surface area contributed by atoms with Gasteiger partial charge in [0, 0.05) is 17.0 Å². The van der Waals surface area contributed by atoms with Crippen molar-refractivity contribution in [3.63, 3.8) is 0 Å². The van der Waals surface area contributed by atoms with Crippen molar-refractivity contribution in [1.82, 2.24) is 0 Å². The topological polar surface area (TPSA) is 66.4 Å². The Kier molecular flexibility index (Phi) is 3.78. The Morgan fingerprint density at radius 3 is 2.67 bits per heavy atom. The number of hydrogen-bond donors (Lipinski definition) is 2. The third-order valence-electron chi connectivity index (χ3n) is 2.94. The first-order chi connectivity index (χ1) is 8.50. The summed E-state index contributed by atoms with van der Waals surface area (Å²) >= 11 is 12.1. The van der Waals surface area contributed by atoms with Crippen LogP contribution >= 0.6 is 23.2 Å². The highest BCUT2D eigenvalue weighted by Crippen LogP contribution is 2.43. The molecule has 0 aromatic heterocycles. The van der Waals surface area contributed by atoms with Crippen LogP contribution in [0.3, 0.4) is 0 Å². The van der Waals surface area contributed by atoms with Crippen LogP contribution in [-0.2, 0) is 9.59 Å². The van der Waals surface area contributed by atoms with Crippen LogP contribution in [0, 0.1) is 0 Å². The van der Waals surface area contributed by atoms with Gasteiger partial charge in [-0.2, -0.15) is 0 Å². The molecule has 0 saturated heterocycles. The molecule has 2 rings (SSSR count). The fourth-order valence-electron chi connectivity index (χ4n) is 2.11. The number of carbonyl (C=O) groups excluding carboxylic acids is 1. The number of hydrogen-bond acceptors (Lipinski definition) is 2. The SMILES string of the molecule is O=C(O)CCCC1C(=O)Nc2c(Cl)ccc(Cl)c21. The molecule has 1 unspecified atom stereocenters. The molecule has 1 amide bonds. The minimum absolute atomic E-state index is 0.0390. The Hall–Kier alpha value is -1.26. The van der Waals surface area contributed by atoms with Gasteiger partial charge < -0.3 is 10.4 Å². The van der Waals surface area contributed by atoms with Gasteiger partial charge in [0.25, 0.3) is 0 Å². The first kappa shape index (κ1) is 13.2. The second-order valence-electron chi connectivity index (χ2n) is 4.15. The number of aliphatic carboxylic acids is 1. The summed E-state index contributed by atoms with van der Waals surface area (Å²) in [5, 5.41) is 12.2. The van der Waals surface area contributed by atoms with Crippen molar-refractivity contribution in [3.8, 4) is 0 Å². The summed E-state index contributed by atoms with van der Waals surface area (Å²) in [6, 6.07) is 3.27. The van der Waals surface area contributed by atoms with Crippen LogP contribution < -0.4 is 5.32 Å². The molecule has 18 heavy (non-hydrogen) atoms. The van der Waals surface area contributed by atoms with E-state index in [-0.39, 0.29) is 12.3 Å². The van der Waals surface area contributed by atoms with Gasteiger partial charge >= 0.3 is 5.97 Å². The lowest BCUT2D eigenvalue weighted by Crippen LogP contribution is -2.12. The van der Waals surface area contributed by atoms with E-state index in [1.165, 1.54) is 0 Å². The number of carboxylic acids is 1. The number of amides is 1. The number of fused-ring (bicyclic) bond motifs is 1. The molecule has 1 atom stereocenters. The zero-order valence-corrected chi connectivity index (χ0v) is 10.9. The summed E-state index contributed by atoms with van der Waals surface area (Å²) in [5.41, 5.74) is 1.23. The molecule has 0 spiro atoms. The summed E-state index contributed by atoms with van der Waals surface area (Å²) in [6.45, 7) is 0. The maximum atomic E-state index is 11.8. The first-order valence-corrected chi connectivity index (χ1v) is 6.27. The van der Waals surface area contributed by atoms with E-state index >= 15 is 0 Å². The van der Waals surface area contributed by atoms with Gasteiger partial charge in [-0.3, -0.25) is 9.59 Å². The normalized spacial score (nSPS) is 17.4. The van der Waals surface area contributed by atoms with Gasteiger partial charge in [0.05, 0.1) is 16.6 Å². The number of anilines is 1. The molecule has 1 aromatic carbocycles. The van der Waals surface area contributed by atoms with Crippen LogP contribution in [0.5, 0.6) is 0 Å². The van der Waals surface area contributed by atoms with Crippen LogP contribution in [0.4, 0.5) is 5.69 Å². The van der Waals surface area contributed by atoms with Crippen LogP contribution in [0.15, 0.2) is 12.1 Å². The highest BCUT2D eigenvalue weighted by atomic mass is 35.5. The molecule has 0 radical (unpaired) electrons. The number of benzene rings is 1. The lowest BCUT2D eigenvalue weighted by Gasteiger charge is -2.09. The van der Waals surface area contributed by atoms with Crippen LogP contribution in [0.2, 0.25) is 10.0 Å². The maximum Gasteiger partial charge on any atom is 0.303 e. The minimum atomic E-state index is -0.870. The average Bonchev–Trinajstić information content (AvgIpc) is 2.63. The molecule has 0 saturated carbocycles. The molecule has 2 N–H and O–H groups in total. The number of nitrogens with one attached hydrogen (secondary N) is 1. The molecule has 4 nitrogen and oxygen atoms in total. The Morgan fingerprint density at radius 2 is 2.00 bits per heavy atom. The van der Waals surface area contributed by atoms with Crippen molar-refractivity contribution in [3.05, 3.63) is 27.7 Å². The molecular formula is C12H11Cl2NO3. The molecule has 0 fully saturated rings. The largest absolute Gasteiger partial charge is 0.481 e. The molecule has 0 aliphatic carbocycles. The molecule has 6 heteroatoms. The Balaban J connectivity index is 2.22. The predicted octanol–water partition coefficient (Wildman–Crippen LogP) is 3.28. The van der Waals surface area contributed by atoms with Gasteiger partial charge in [-0.1, -0.05) is 23.2 Å². The van der Waals surface area contributed by atoms with Crippen molar-refractivity contribution in [2.45, 2.75) is 25.2 Å². The summed E-state index contributed by atoms with van der Waals surface area (Å²) in [4.78, 5) is 22.3. The summed E-state index contributed by atoms with van der Waals surface area (Å²) in [5.74, 6) is -1.46. The van der Waals surface area contributed by atoms with E-state index in [1.54, 1.807) is 12.1 Å². The molecule has 96 valence electrons. The zero-order valence-electron chi connectivity index (χ0n) is 9.37. The van der Waals surface area contributed by atoms with Gasteiger partial charge in [0.15, 0.2) is 0 Å². The van der Waals surface area contributed by atoms with Crippen LogP contribution in [0.1, 0.15) is 30.7 Å². The van der Waals surface area contributed by atoms with Gasteiger partial charge in [0.2, 0.25) is 5.91 Å². The molecule has 1 aromatic rings. The minimum Gasteiger partial charge on any atom is -0.481 e. The highest BCUT2D eigenvalue weighted by molar-refractivity contribution is 6.37. The Morgan fingerprint density at radius 1 is 1.33 bits per heavy atom. The smallest absolute Gasteiger partial charge is 0.303 e. The summed E-state index contributed by atoms with van der Waals surface area (Å²) in [6.07, 6.45) is 0.915. The number of carbonyl (C=O) groups is 2. The third kappa shape index (κ3) is 2.44. The molecule has 1 aliphatic heterocycles. The second kappa shape index (κ2) is 5.16. The van der Waals surface area contributed by atoms with Gasteiger partial charge in [-0.15, -0.1) is 0 Å². The van der Waals surface area contributed by atoms with Crippen molar-refractivity contribution < 1.29 is 14.7 Å². The van der Waals surface area contributed by atoms with E-state index in [0.717, 1.165) is 0 Å². The van der Waals surface area contributed by atoms with E-state index in [2.05, 4.69) is 5.32 Å². The number of rotatable bonds is 4. The van der Waals surface area contributed by atoms with Crippen molar-refractivity contribution in [2.24, 2.45) is 0 Å². The number of carboxylic acid groups (broad SMARTS) is 1. The average molecular weight is 288 g/mol. The standard InChI is InChI=1S/C12H11Cl2NO3/c13-7-4-5-8(14)11-10(7)6(12(18)15-11)2-1-3-9(16)17/h4-6H,1-3H2,(H,15,18)(H,16,17). The van der Waals surface area contributed by atoms with Crippen LogP contribution in [-0.4, -0.2) is 17.0 Å². The van der Waals surface area contributed by atoms with Gasteiger partial charge in [-0.05, 0) is 25.0 Å².